The Morgan fingerprint density at radius 2 is 1.90 bits per heavy atom. The van der Waals surface area contributed by atoms with Crippen LogP contribution in [0.4, 0.5) is 11.6 Å². The Kier molecular flexibility index (Phi) is 3.50. The Balaban J connectivity index is 2.04. The van der Waals surface area contributed by atoms with Crippen molar-refractivity contribution in [2.24, 2.45) is 10.2 Å². The standard InChI is InChI=1S/C15H11ClN2O3/c1-20-13-8-12-10(7-11(13)16)14(19)15(21-12)18-17-9-5-3-2-4-6-9/h2-8,19H,1H3. The normalized spacial score (nSPS) is 11.3. The fraction of sp³-hybridized carbons (Fsp3) is 0.0667. The minimum absolute atomic E-state index is 0.0261. The third-order valence-electron chi connectivity index (χ3n) is 2.93. The molecule has 2 aromatic carbocycles. The number of aromatic hydroxyl groups is 1. The van der Waals surface area contributed by atoms with Gasteiger partial charge in [0.1, 0.15) is 11.3 Å². The third-order valence-corrected chi connectivity index (χ3v) is 3.23. The second-order valence-corrected chi connectivity index (χ2v) is 4.68. The summed E-state index contributed by atoms with van der Waals surface area (Å²) in [6.07, 6.45) is 0. The van der Waals surface area contributed by atoms with E-state index >= 15 is 0 Å². The van der Waals surface area contributed by atoms with Crippen LogP contribution in [-0.4, -0.2) is 12.2 Å². The third kappa shape index (κ3) is 2.55. The van der Waals surface area contributed by atoms with Crippen LogP contribution in [0.3, 0.4) is 0 Å². The van der Waals surface area contributed by atoms with Gasteiger partial charge in [-0.1, -0.05) is 29.8 Å². The lowest BCUT2D eigenvalue weighted by Gasteiger charge is -2.01. The molecule has 3 aromatic rings. The van der Waals surface area contributed by atoms with Crippen molar-refractivity contribution in [2.45, 2.75) is 0 Å². The molecule has 0 aliphatic rings. The molecule has 0 bridgehead atoms. The Bertz CT molecular complexity index is 813. The molecule has 6 heteroatoms. The van der Waals surface area contributed by atoms with Crippen molar-refractivity contribution in [3.8, 4) is 11.5 Å². The van der Waals surface area contributed by atoms with Gasteiger partial charge in [-0.25, -0.2) is 0 Å². The molecule has 5 nitrogen and oxygen atoms in total. The molecule has 0 fully saturated rings. The molecule has 0 unspecified atom stereocenters. The number of methoxy groups -OCH3 is 1. The van der Waals surface area contributed by atoms with Gasteiger partial charge in [-0.15, -0.1) is 10.2 Å². The largest absolute Gasteiger partial charge is 0.503 e. The number of furan rings is 1. The molecular weight excluding hydrogens is 292 g/mol. The number of hydrogen-bond donors (Lipinski definition) is 1. The summed E-state index contributed by atoms with van der Waals surface area (Å²) in [6, 6.07) is 12.3. The van der Waals surface area contributed by atoms with Gasteiger partial charge < -0.3 is 14.3 Å². The van der Waals surface area contributed by atoms with E-state index in [1.54, 1.807) is 24.3 Å². The van der Waals surface area contributed by atoms with Crippen molar-refractivity contribution < 1.29 is 14.3 Å². The molecule has 0 amide bonds. The zero-order valence-corrected chi connectivity index (χ0v) is 11.8. The Hall–Kier alpha value is -2.53. The summed E-state index contributed by atoms with van der Waals surface area (Å²) in [4.78, 5) is 0. The predicted molar refractivity (Wildman–Crippen MR) is 80.1 cm³/mol. The molecule has 0 radical (unpaired) electrons. The van der Waals surface area contributed by atoms with Crippen molar-refractivity contribution in [1.82, 2.24) is 0 Å². The fourth-order valence-electron chi connectivity index (χ4n) is 1.89. The molecule has 21 heavy (non-hydrogen) atoms. The summed E-state index contributed by atoms with van der Waals surface area (Å²) < 4.78 is 10.6. The monoisotopic (exact) mass is 302 g/mol. The van der Waals surface area contributed by atoms with Gasteiger partial charge in [0.15, 0.2) is 5.75 Å². The highest BCUT2D eigenvalue weighted by molar-refractivity contribution is 6.33. The van der Waals surface area contributed by atoms with E-state index in [4.69, 9.17) is 20.8 Å². The molecule has 3 rings (SSSR count). The van der Waals surface area contributed by atoms with Gasteiger partial charge in [0, 0.05) is 6.07 Å². The molecule has 0 atom stereocenters. The summed E-state index contributed by atoms with van der Waals surface area (Å²) in [7, 11) is 1.51. The van der Waals surface area contributed by atoms with Crippen LogP contribution in [0.15, 0.2) is 57.1 Å². The number of hydrogen-bond acceptors (Lipinski definition) is 5. The van der Waals surface area contributed by atoms with E-state index in [2.05, 4.69) is 10.2 Å². The lowest BCUT2D eigenvalue weighted by Crippen LogP contribution is -1.82. The topological polar surface area (TPSA) is 67.3 Å². The number of halogens is 1. The van der Waals surface area contributed by atoms with E-state index in [-0.39, 0.29) is 11.6 Å². The number of benzene rings is 2. The van der Waals surface area contributed by atoms with Crippen molar-refractivity contribution in [2.75, 3.05) is 7.11 Å². The summed E-state index contributed by atoms with van der Waals surface area (Å²) >= 11 is 6.03. The van der Waals surface area contributed by atoms with E-state index in [9.17, 15) is 5.11 Å². The molecular formula is C15H11ClN2O3. The van der Waals surface area contributed by atoms with Gasteiger partial charge in [-0.3, -0.25) is 0 Å². The molecule has 1 heterocycles. The molecule has 0 aliphatic carbocycles. The quantitative estimate of drug-likeness (QED) is 0.675. The lowest BCUT2D eigenvalue weighted by molar-refractivity contribution is 0.415. The maximum absolute atomic E-state index is 10.1. The highest BCUT2D eigenvalue weighted by Crippen LogP contribution is 2.42. The Morgan fingerprint density at radius 1 is 1.14 bits per heavy atom. The second kappa shape index (κ2) is 5.46. The van der Waals surface area contributed by atoms with Crippen LogP contribution in [0.25, 0.3) is 11.0 Å². The van der Waals surface area contributed by atoms with Crippen LogP contribution in [0.1, 0.15) is 0 Å². The average Bonchev–Trinajstić information content (AvgIpc) is 2.81. The van der Waals surface area contributed by atoms with Crippen LogP contribution in [-0.2, 0) is 0 Å². The second-order valence-electron chi connectivity index (χ2n) is 4.27. The first-order chi connectivity index (χ1) is 10.2. The molecule has 1 N–H and O–H groups in total. The van der Waals surface area contributed by atoms with Crippen LogP contribution in [0, 0.1) is 0 Å². The van der Waals surface area contributed by atoms with E-state index < -0.39 is 0 Å². The first-order valence-electron chi connectivity index (χ1n) is 6.15. The molecule has 0 saturated heterocycles. The summed E-state index contributed by atoms with van der Waals surface area (Å²) in [5.74, 6) is 0.386. The van der Waals surface area contributed by atoms with Gasteiger partial charge in [0.2, 0.25) is 0 Å². The summed E-state index contributed by atoms with van der Waals surface area (Å²) in [6.45, 7) is 0. The number of fused-ring (bicyclic) bond motifs is 1. The van der Waals surface area contributed by atoms with Gasteiger partial charge >= 0.3 is 0 Å². The van der Waals surface area contributed by atoms with Crippen molar-refractivity contribution in [1.29, 1.82) is 0 Å². The number of nitrogens with zero attached hydrogens (tertiary/aromatic N) is 2. The highest BCUT2D eigenvalue weighted by Gasteiger charge is 2.16. The number of azo groups is 1. The first-order valence-corrected chi connectivity index (χ1v) is 6.52. The van der Waals surface area contributed by atoms with Gasteiger partial charge in [-0.2, -0.15) is 0 Å². The van der Waals surface area contributed by atoms with Crippen LogP contribution in [0.2, 0.25) is 5.02 Å². The van der Waals surface area contributed by atoms with Crippen molar-refractivity contribution in [3.63, 3.8) is 0 Å². The molecule has 0 saturated carbocycles. The SMILES string of the molecule is COc1cc2oc(N=Nc3ccccc3)c(O)c2cc1Cl. The van der Waals surface area contributed by atoms with Gasteiger partial charge in [-0.05, 0) is 18.2 Å². The van der Waals surface area contributed by atoms with E-state index in [1.165, 1.54) is 7.11 Å². The smallest absolute Gasteiger partial charge is 0.282 e. The van der Waals surface area contributed by atoms with Crippen LogP contribution >= 0.6 is 11.6 Å². The first kappa shape index (κ1) is 13.5. The maximum Gasteiger partial charge on any atom is 0.282 e. The van der Waals surface area contributed by atoms with E-state index in [0.29, 0.717) is 27.4 Å². The zero-order valence-electron chi connectivity index (χ0n) is 11.1. The summed E-state index contributed by atoms with van der Waals surface area (Å²) in [5.41, 5.74) is 1.09. The fourth-order valence-corrected chi connectivity index (χ4v) is 2.13. The molecule has 1 aromatic heterocycles. The molecule has 106 valence electrons. The van der Waals surface area contributed by atoms with E-state index in [1.807, 2.05) is 18.2 Å². The maximum atomic E-state index is 10.1. The Labute approximate surface area is 125 Å². The highest BCUT2D eigenvalue weighted by atomic mass is 35.5. The van der Waals surface area contributed by atoms with Crippen molar-refractivity contribution in [3.05, 3.63) is 47.5 Å². The summed E-state index contributed by atoms with van der Waals surface area (Å²) in [5, 5.41) is 18.9. The zero-order chi connectivity index (χ0) is 14.8. The minimum Gasteiger partial charge on any atom is -0.503 e. The average molecular weight is 303 g/mol. The van der Waals surface area contributed by atoms with Crippen LogP contribution in [0.5, 0.6) is 11.5 Å². The van der Waals surface area contributed by atoms with Gasteiger partial charge in [0.25, 0.3) is 5.88 Å². The number of rotatable bonds is 3. The predicted octanol–water partition coefficient (Wildman–Crippen LogP) is 5.22. The number of ether oxygens (including phenoxy) is 1. The van der Waals surface area contributed by atoms with Crippen LogP contribution < -0.4 is 4.74 Å². The molecule has 0 aliphatic heterocycles. The Morgan fingerprint density at radius 3 is 2.62 bits per heavy atom. The minimum atomic E-state index is -0.103. The van der Waals surface area contributed by atoms with Crippen molar-refractivity contribution >= 4 is 34.1 Å². The molecule has 0 spiro atoms. The van der Waals surface area contributed by atoms with E-state index in [0.717, 1.165) is 0 Å². The van der Waals surface area contributed by atoms with Gasteiger partial charge in [0.05, 0.1) is 23.2 Å². The lowest BCUT2D eigenvalue weighted by atomic mass is 10.2.